The number of hydrogen-bond acceptors (Lipinski definition) is 5. The van der Waals surface area contributed by atoms with Crippen LogP contribution in [0.2, 0.25) is 0 Å². The van der Waals surface area contributed by atoms with Crippen LogP contribution < -0.4 is 5.32 Å². The van der Waals surface area contributed by atoms with Crippen molar-refractivity contribution in [1.29, 1.82) is 0 Å². The molecule has 1 N–H and O–H groups in total. The van der Waals surface area contributed by atoms with Crippen LogP contribution in [0.1, 0.15) is 194 Å². The summed E-state index contributed by atoms with van der Waals surface area (Å²) in [6, 6.07) is 0. The molecule has 0 aliphatic rings. The molecule has 0 radical (unpaired) electrons. The fourth-order valence-electron chi connectivity index (χ4n) is 5.96. The predicted molar refractivity (Wildman–Crippen MR) is 188 cm³/mol. The van der Waals surface area contributed by atoms with E-state index in [9.17, 15) is 9.59 Å². The highest BCUT2D eigenvalue weighted by atomic mass is 16.5. The molecule has 6 heteroatoms. The minimum Gasteiger partial charge on any atom is -0.462 e. The van der Waals surface area contributed by atoms with Crippen molar-refractivity contribution in [3.63, 3.8) is 0 Å². The number of rotatable bonds is 34. The molecule has 6 nitrogen and oxygen atoms in total. The largest absolute Gasteiger partial charge is 0.462 e. The highest BCUT2D eigenvalue weighted by Gasteiger charge is 2.14. The van der Waals surface area contributed by atoms with E-state index < -0.39 is 0 Å². The van der Waals surface area contributed by atoms with Gasteiger partial charge in [0, 0.05) is 13.0 Å². The van der Waals surface area contributed by atoms with Crippen LogP contribution in [0.15, 0.2) is 0 Å². The van der Waals surface area contributed by atoms with E-state index in [4.69, 9.17) is 4.74 Å². The molecule has 0 saturated heterocycles. The van der Waals surface area contributed by atoms with Gasteiger partial charge in [-0.05, 0) is 71.0 Å². The topological polar surface area (TPSA) is 67.9 Å². The summed E-state index contributed by atoms with van der Waals surface area (Å²) in [6.45, 7) is 10.7. The lowest BCUT2D eigenvalue weighted by atomic mass is 10.0. The van der Waals surface area contributed by atoms with Crippen LogP contribution in [-0.4, -0.2) is 56.4 Å². The van der Waals surface area contributed by atoms with Gasteiger partial charge in [-0.1, -0.05) is 136 Å². The second-order valence-electron chi connectivity index (χ2n) is 13.1. The number of nitrogens with one attached hydrogen (secondary N) is 1. The smallest absolute Gasteiger partial charge is 0.406 e. The summed E-state index contributed by atoms with van der Waals surface area (Å²) in [7, 11) is 1.41. The molecule has 0 atom stereocenters. The molecule has 0 aromatic heterocycles. The van der Waals surface area contributed by atoms with Crippen molar-refractivity contribution >= 4 is 12.1 Å². The third-order valence-corrected chi connectivity index (χ3v) is 8.85. The normalized spacial score (nSPS) is 11.4. The minimum absolute atomic E-state index is 0.0256. The van der Waals surface area contributed by atoms with Gasteiger partial charge in [-0.3, -0.25) is 4.79 Å². The maximum Gasteiger partial charge on any atom is 0.406 e. The second kappa shape index (κ2) is 34.6. The first-order valence-corrected chi connectivity index (χ1v) is 19.3. The summed E-state index contributed by atoms with van der Waals surface area (Å²) in [5, 5.41) is 2.80. The summed E-state index contributed by atoms with van der Waals surface area (Å²) in [6.07, 6.45) is 32.4. The van der Waals surface area contributed by atoms with E-state index in [1.807, 2.05) is 0 Å². The molecule has 0 spiro atoms. The fourth-order valence-corrected chi connectivity index (χ4v) is 5.96. The second-order valence-corrected chi connectivity index (χ2v) is 13.1. The quantitative estimate of drug-likeness (QED) is 0.0570. The third-order valence-electron chi connectivity index (χ3n) is 8.85. The van der Waals surface area contributed by atoms with Crippen molar-refractivity contribution in [1.82, 2.24) is 10.2 Å². The predicted octanol–water partition coefficient (Wildman–Crippen LogP) is 11.1. The number of carbonyl (C=O) groups is 2. The SMILES string of the molecule is CCCCCCCCC(CCCCCCCC)OC(=O)CCCCCCCN(CCCCCCCC)CCCNC(=O)OC. The van der Waals surface area contributed by atoms with Crippen LogP contribution in [0.25, 0.3) is 0 Å². The Hall–Kier alpha value is -1.30. The molecule has 0 heterocycles. The molecule has 44 heavy (non-hydrogen) atoms. The first-order chi connectivity index (χ1) is 21.6. The zero-order valence-corrected chi connectivity index (χ0v) is 30.1. The maximum atomic E-state index is 12.7. The lowest BCUT2D eigenvalue weighted by Crippen LogP contribution is -2.31. The Morgan fingerprint density at radius 3 is 1.43 bits per heavy atom. The van der Waals surface area contributed by atoms with Gasteiger partial charge >= 0.3 is 12.1 Å². The molecule has 0 aromatic carbocycles. The molecule has 0 rings (SSSR count). The number of amides is 1. The summed E-state index contributed by atoms with van der Waals surface area (Å²) in [5.74, 6) is 0.0256. The number of nitrogens with zero attached hydrogens (tertiary/aromatic N) is 1. The van der Waals surface area contributed by atoms with Gasteiger partial charge in [-0.25, -0.2) is 4.79 Å². The molecule has 0 bridgehead atoms. The molecule has 0 unspecified atom stereocenters. The lowest BCUT2D eigenvalue weighted by molar-refractivity contribution is -0.150. The van der Waals surface area contributed by atoms with Crippen LogP contribution in [0.5, 0.6) is 0 Å². The van der Waals surface area contributed by atoms with E-state index >= 15 is 0 Å². The molecule has 0 fully saturated rings. The van der Waals surface area contributed by atoms with E-state index in [0.717, 1.165) is 51.7 Å². The van der Waals surface area contributed by atoms with Crippen LogP contribution >= 0.6 is 0 Å². The highest BCUT2D eigenvalue weighted by molar-refractivity contribution is 5.69. The van der Waals surface area contributed by atoms with Crippen LogP contribution in [-0.2, 0) is 14.3 Å². The van der Waals surface area contributed by atoms with Crippen molar-refractivity contribution in [3.8, 4) is 0 Å². The number of alkyl carbamates (subject to hydrolysis) is 1. The standard InChI is InChI=1S/C38H76N2O4/c1-5-8-11-14-18-23-29-36(30-24-19-15-12-9-6-2)44-37(41)31-25-20-17-22-27-34-40(33-26-21-16-13-10-7-3)35-28-32-39-38(42)43-4/h36H,5-35H2,1-4H3,(H,39,42). The van der Waals surface area contributed by atoms with Gasteiger partial charge in [0.2, 0.25) is 0 Å². The number of carbonyl (C=O) groups excluding carboxylic acids is 2. The number of unbranched alkanes of at least 4 members (excludes halogenated alkanes) is 19. The molecule has 0 aliphatic heterocycles. The van der Waals surface area contributed by atoms with Crippen molar-refractivity contribution in [2.24, 2.45) is 0 Å². The van der Waals surface area contributed by atoms with Crippen molar-refractivity contribution in [3.05, 3.63) is 0 Å². The molecular formula is C38H76N2O4. The molecule has 0 aliphatic carbocycles. The molecular weight excluding hydrogens is 548 g/mol. The number of hydrogen-bond donors (Lipinski definition) is 1. The average molecular weight is 625 g/mol. The van der Waals surface area contributed by atoms with Crippen LogP contribution in [0.4, 0.5) is 4.79 Å². The summed E-state index contributed by atoms with van der Waals surface area (Å²) in [4.78, 5) is 26.6. The summed E-state index contributed by atoms with van der Waals surface area (Å²) >= 11 is 0. The van der Waals surface area contributed by atoms with Crippen molar-refractivity contribution in [2.45, 2.75) is 200 Å². The van der Waals surface area contributed by atoms with Gasteiger partial charge in [0.25, 0.3) is 0 Å². The minimum atomic E-state index is -0.345. The van der Waals surface area contributed by atoms with Crippen LogP contribution in [0, 0.1) is 0 Å². The number of ether oxygens (including phenoxy) is 2. The zero-order valence-electron chi connectivity index (χ0n) is 30.1. The Kier molecular flexibility index (Phi) is 33.5. The number of esters is 1. The molecule has 262 valence electrons. The highest BCUT2D eigenvalue weighted by Crippen LogP contribution is 2.18. The summed E-state index contributed by atoms with van der Waals surface area (Å²) in [5.41, 5.74) is 0. The van der Waals surface area contributed by atoms with Gasteiger partial charge in [0.15, 0.2) is 0 Å². The van der Waals surface area contributed by atoms with E-state index in [1.165, 1.54) is 142 Å². The summed E-state index contributed by atoms with van der Waals surface area (Å²) < 4.78 is 10.7. The Morgan fingerprint density at radius 1 is 0.545 bits per heavy atom. The third kappa shape index (κ3) is 30.7. The van der Waals surface area contributed by atoms with E-state index in [1.54, 1.807) is 0 Å². The van der Waals surface area contributed by atoms with Gasteiger partial charge in [-0.15, -0.1) is 0 Å². The maximum absolute atomic E-state index is 12.7. The first-order valence-electron chi connectivity index (χ1n) is 19.3. The average Bonchev–Trinajstić information content (AvgIpc) is 3.02. The Labute approximate surface area is 274 Å². The monoisotopic (exact) mass is 625 g/mol. The Morgan fingerprint density at radius 2 is 0.955 bits per heavy atom. The molecule has 0 saturated carbocycles. The molecule has 1 amide bonds. The van der Waals surface area contributed by atoms with E-state index in [0.29, 0.717) is 13.0 Å². The van der Waals surface area contributed by atoms with Gasteiger partial charge in [0.1, 0.15) is 6.10 Å². The van der Waals surface area contributed by atoms with Crippen molar-refractivity contribution in [2.75, 3.05) is 33.3 Å². The van der Waals surface area contributed by atoms with Gasteiger partial charge in [0.05, 0.1) is 7.11 Å². The van der Waals surface area contributed by atoms with Crippen molar-refractivity contribution < 1.29 is 19.1 Å². The van der Waals surface area contributed by atoms with Gasteiger partial charge < -0.3 is 19.7 Å². The van der Waals surface area contributed by atoms with E-state index in [2.05, 4.69) is 35.7 Å². The van der Waals surface area contributed by atoms with Gasteiger partial charge in [-0.2, -0.15) is 0 Å². The fraction of sp³-hybridized carbons (Fsp3) is 0.947. The Bertz CT molecular complexity index is 600. The Balaban J connectivity index is 4.26. The number of methoxy groups -OCH3 is 1. The first kappa shape index (κ1) is 42.7. The van der Waals surface area contributed by atoms with E-state index in [-0.39, 0.29) is 18.2 Å². The molecule has 0 aromatic rings. The zero-order chi connectivity index (χ0) is 32.4. The van der Waals surface area contributed by atoms with Crippen LogP contribution in [0.3, 0.4) is 0 Å². The lowest BCUT2D eigenvalue weighted by Gasteiger charge is -2.22.